The number of ether oxygens (including phenoxy) is 1. The average molecular weight is 264 g/mol. The topological polar surface area (TPSA) is 26.3 Å². The van der Waals surface area contributed by atoms with E-state index in [1.165, 1.54) is 6.08 Å². The third-order valence-corrected chi connectivity index (χ3v) is 1.80. The molecule has 1 rings (SSSR count). The Morgan fingerprint density at radius 2 is 1.39 bits per heavy atom. The van der Waals surface area contributed by atoms with Gasteiger partial charge in [-0.05, 0) is 6.08 Å². The van der Waals surface area contributed by atoms with Crippen LogP contribution in [0.4, 0.5) is 22.0 Å². The lowest BCUT2D eigenvalue weighted by atomic mass is 10.1. The van der Waals surface area contributed by atoms with Gasteiger partial charge in [0.2, 0.25) is 5.82 Å². The normalized spacial score (nSPS) is 10.7. The van der Waals surface area contributed by atoms with Gasteiger partial charge in [0.15, 0.2) is 23.3 Å². The fraction of sp³-hybridized carbons (Fsp3) is 0. The molecule has 0 amide bonds. The molecule has 18 heavy (non-hydrogen) atoms. The monoisotopic (exact) mass is 264 g/mol. The molecule has 0 unspecified atom stereocenters. The molecule has 0 fully saturated rings. The van der Waals surface area contributed by atoms with E-state index in [0.29, 0.717) is 6.26 Å². The van der Waals surface area contributed by atoms with Crippen molar-refractivity contribution in [3.05, 3.63) is 59.6 Å². The highest BCUT2D eigenvalue weighted by atomic mass is 19.2. The summed E-state index contributed by atoms with van der Waals surface area (Å²) in [6, 6.07) is 0. The lowest BCUT2D eigenvalue weighted by molar-refractivity contribution is 0.0648. The Kier molecular flexibility index (Phi) is 4.19. The molecule has 0 radical (unpaired) electrons. The van der Waals surface area contributed by atoms with Gasteiger partial charge in [0.1, 0.15) is 5.56 Å². The van der Waals surface area contributed by atoms with Gasteiger partial charge >= 0.3 is 5.97 Å². The van der Waals surface area contributed by atoms with Crippen molar-refractivity contribution >= 4 is 5.97 Å². The second-order valence-electron chi connectivity index (χ2n) is 2.91. The lowest BCUT2D eigenvalue weighted by Crippen LogP contribution is -2.13. The van der Waals surface area contributed by atoms with Crippen LogP contribution in [0.15, 0.2) is 25.0 Å². The van der Waals surface area contributed by atoms with E-state index in [0.717, 1.165) is 6.08 Å². The molecular weight excluding hydrogens is 259 g/mol. The van der Waals surface area contributed by atoms with Crippen LogP contribution in [-0.4, -0.2) is 5.97 Å². The average Bonchev–Trinajstić information content (AvgIpc) is 2.34. The first-order valence-electron chi connectivity index (χ1n) is 4.41. The maximum absolute atomic E-state index is 13.1. The highest BCUT2D eigenvalue weighted by molar-refractivity contribution is 5.90. The first-order valence-corrected chi connectivity index (χ1v) is 4.41. The Hall–Kier alpha value is -2.18. The maximum atomic E-state index is 13.1. The van der Waals surface area contributed by atoms with Gasteiger partial charge in [-0.2, -0.15) is 0 Å². The van der Waals surface area contributed by atoms with E-state index >= 15 is 0 Å². The Morgan fingerprint density at radius 1 is 0.944 bits per heavy atom. The highest BCUT2D eigenvalue weighted by Crippen LogP contribution is 2.23. The number of halogens is 5. The maximum Gasteiger partial charge on any atom is 0.349 e. The zero-order chi connectivity index (χ0) is 13.9. The Balaban J connectivity index is 3.28. The molecule has 0 aliphatic heterocycles. The predicted octanol–water partition coefficient (Wildman–Crippen LogP) is 3.24. The second-order valence-corrected chi connectivity index (χ2v) is 2.91. The number of esters is 1. The van der Waals surface area contributed by atoms with E-state index in [2.05, 4.69) is 11.3 Å². The first kappa shape index (κ1) is 13.9. The third kappa shape index (κ3) is 2.39. The van der Waals surface area contributed by atoms with Crippen LogP contribution in [0.25, 0.3) is 0 Å². The van der Waals surface area contributed by atoms with Crippen molar-refractivity contribution in [1.29, 1.82) is 0 Å². The lowest BCUT2D eigenvalue weighted by Gasteiger charge is -2.05. The Labute approximate surface area is 98.0 Å². The van der Waals surface area contributed by atoms with Crippen LogP contribution in [0.3, 0.4) is 0 Å². The van der Waals surface area contributed by atoms with Crippen LogP contribution in [0, 0.1) is 29.1 Å². The first-order chi connectivity index (χ1) is 8.41. The van der Waals surface area contributed by atoms with Crippen molar-refractivity contribution in [1.82, 2.24) is 0 Å². The van der Waals surface area contributed by atoms with Crippen molar-refractivity contribution < 1.29 is 31.5 Å². The molecule has 2 nitrogen and oxygen atoms in total. The molecule has 1 aromatic carbocycles. The molecular formula is C11H5F5O2. The van der Waals surface area contributed by atoms with Crippen LogP contribution < -0.4 is 0 Å². The van der Waals surface area contributed by atoms with Gasteiger partial charge in [0.25, 0.3) is 0 Å². The number of benzene rings is 1. The van der Waals surface area contributed by atoms with E-state index in [1.54, 1.807) is 0 Å². The van der Waals surface area contributed by atoms with Crippen LogP contribution in [-0.2, 0) is 4.74 Å². The van der Waals surface area contributed by atoms with Crippen molar-refractivity contribution in [2.24, 2.45) is 0 Å². The van der Waals surface area contributed by atoms with Gasteiger partial charge in [-0.1, -0.05) is 12.7 Å². The van der Waals surface area contributed by atoms with Gasteiger partial charge in [0.05, 0.1) is 6.26 Å². The molecule has 0 aromatic heterocycles. The zero-order valence-electron chi connectivity index (χ0n) is 8.65. The number of carbonyl (C=O) groups excluding carboxylic acids is 1. The standard InChI is InChI=1S/C11H5F5O2/c1-2-3-4-18-11(17)5-6(12)8(14)10(16)9(15)7(5)13/h2-4H,1H2/b4-3-. The Morgan fingerprint density at radius 3 is 1.83 bits per heavy atom. The molecule has 96 valence electrons. The number of allylic oxidation sites excluding steroid dienone is 2. The summed E-state index contributed by atoms with van der Waals surface area (Å²) in [5.41, 5.74) is -1.65. The molecule has 0 heterocycles. The van der Waals surface area contributed by atoms with Crippen molar-refractivity contribution in [3.63, 3.8) is 0 Å². The Bertz CT molecular complexity index is 508. The largest absolute Gasteiger partial charge is 0.431 e. The quantitative estimate of drug-likeness (QED) is 0.209. The SMILES string of the molecule is C=C/C=C\OC(=O)c1c(F)c(F)c(F)c(F)c1F. The molecule has 7 heteroatoms. The van der Waals surface area contributed by atoms with Crippen molar-refractivity contribution in [2.75, 3.05) is 0 Å². The van der Waals surface area contributed by atoms with Gasteiger partial charge in [-0.25, -0.2) is 26.7 Å². The minimum atomic E-state index is -2.34. The van der Waals surface area contributed by atoms with Gasteiger partial charge < -0.3 is 4.74 Å². The molecule has 1 aromatic rings. The van der Waals surface area contributed by atoms with Crippen LogP contribution >= 0.6 is 0 Å². The summed E-state index contributed by atoms with van der Waals surface area (Å²) in [7, 11) is 0. The minimum Gasteiger partial charge on any atom is -0.431 e. The summed E-state index contributed by atoms with van der Waals surface area (Å²) in [6.45, 7) is 3.21. The van der Waals surface area contributed by atoms with Gasteiger partial charge in [0, 0.05) is 0 Å². The second kappa shape index (κ2) is 5.44. The summed E-state index contributed by atoms with van der Waals surface area (Å²) in [5.74, 6) is -13.0. The van der Waals surface area contributed by atoms with Crippen LogP contribution in [0.5, 0.6) is 0 Å². The molecule has 0 spiro atoms. The summed E-state index contributed by atoms with van der Waals surface area (Å²) in [6.07, 6.45) is 2.95. The van der Waals surface area contributed by atoms with E-state index < -0.39 is 40.6 Å². The highest BCUT2D eigenvalue weighted by Gasteiger charge is 2.30. The molecule has 0 bridgehead atoms. The minimum absolute atomic E-state index is 0.688. The summed E-state index contributed by atoms with van der Waals surface area (Å²) >= 11 is 0. The van der Waals surface area contributed by atoms with E-state index in [4.69, 9.17) is 0 Å². The molecule has 0 atom stereocenters. The summed E-state index contributed by atoms with van der Waals surface area (Å²) < 4.78 is 68.5. The van der Waals surface area contributed by atoms with Crippen molar-refractivity contribution in [3.8, 4) is 0 Å². The molecule has 0 aliphatic carbocycles. The number of hydrogen-bond acceptors (Lipinski definition) is 2. The van der Waals surface area contributed by atoms with E-state index in [1.807, 2.05) is 0 Å². The summed E-state index contributed by atoms with van der Waals surface area (Å²) in [5, 5.41) is 0. The smallest absolute Gasteiger partial charge is 0.349 e. The molecule has 0 N–H and O–H groups in total. The molecule has 0 saturated heterocycles. The van der Waals surface area contributed by atoms with E-state index in [-0.39, 0.29) is 0 Å². The number of rotatable bonds is 3. The van der Waals surface area contributed by atoms with Crippen LogP contribution in [0.1, 0.15) is 10.4 Å². The fourth-order valence-corrected chi connectivity index (χ4v) is 1.000. The van der Waals surface area contributed by atoms with Gasteiger partial charge in [-0.3, -0.25) is 0 Å². The van der Waals surface area contributed by atoms with Crippen LogP contribution in [0.2, 0.25) is 0 Å². The third-order valence-electron chi connectivity index (χ3n) is 1.80. The predicted molar refractivity (Wildman–Crippen MR) is 51.0 cm³/mol. The number of carbonyl (C=O) groups is 1. The molecule has 0 aliphatic rings. The van der Waals surface area contributed by atoms with E-state index in [9.17, 15) is 26.7 Å². The molecule has 0 saturated carbocycles. The fourth-order valence-electron chi connectivity index (χ4n) is 1.000. The van der Waals surface area contributed by atoms with Gasteiger partial charge in [-0.15, -0.1) is 0 Å². The number of hydrogen-bond donors (Lipinski definition) is 0. The summed E-state index contributed by atoms with van der Waals surface area (Å²) in [4.78, 5) is 11.1. The zero-order valence-corrected chi connectivity index (χ0v) is 8.65. The van der Waals surface area contributed by atoms with Crippen molar-refractivity contribution in [2.45, 2.75) is 0 Å².